The highest BCUT2D eigenvalue weighted by atomic mass is 35.5. The molecule has 2 nitrogen and oxygen atoms in total. The summed E-state index contributed by atoms with van der Waals surface area (Å²) in [5.74, 6) is -0.148. The Morgan fingerprint density at radius 2 is 1.79 bits per heavy atom. The van der Waals surface area contributed by atoms with Crippen molar-refractivity contribution >= 4 is 51.7 Å². The highest BCUT2D eigenvalue weighted by molar-refractivity contribution is 7.13. The molecule has 0 bridgehead atoms. The van der Waals surface area contributed by atoms with Crippen molar-refractivity contribution in [2.24, 2.45) is 0 Å². The number of hydrogen-bond donors (Lipinski definition) is 0. The van der Waals surface area contributed by atoms with Gasteiger partial charge in [-0.25, -0.2) is 0 Å². The first-order chi connectivity index (χ1) is 11.5. The fourth-order valence-corrected chi connectivity index (χ4v) is 3.91. The van der Waals surface area contributed by atoms with Gasteiger partial charge in [-0.3, -0.25) is 4.79 Å². The normalized spacial score (nSPS) is 10.7. The predicted octanol–water partition coefficient (Wildman–Crippen LogP) is 6.36. The Labute approximate surface area is 155 Å². The topological polar surface area (TPSA) is 20.3 Å². The molecule has 0 amide bonds. The largest absolute Gasteiger partial charge is 0.344 e. The van der Waals surface area contributed by atoms with Crippen molar-refractivity contribution in [2.45, 2.75) is 6.92 Å². The maximum absolute atomic E-state index is 12.6. The zero-order chi connectivity index (χ0) is 17.3. The number of nitrogens with zero attached hydrogens (tertiary/aromatic N) is 1. The quantitative estimate of drug-likeness (QED) is 0.494. The zero-order valence-electron chi connectivity index (χ0n) is 13.2. The number of rotatable bonds is 4. The lowest BCUT2D eigenvalue weighted by Gasteiger charge is -2.22. The number of ketones is 1. The van der Waals surface area contributed by atoms with Gasteiger partial charge in [0, 0.05) is 24.0 Å². The van der Waals surface area contributed by atoms with E-state index in [0.717, 1.165) is 11.4 Å². The molecule has 3 aromatic rings. The molecule has 0 unspecified atom stereocenters. The van der Waals surface area contributed by atoms with Gasteiger partial charge in [-0.1, -0.05) is 41.4 Å². The fraction of sp³-hybridized carbons (Fsp3) is 0.105. The molecular weight excluding hydrogens is 361 g/mol. The van der Waals surface area contributed by atoms with E-state index in [4.69, 9.17) is 23.2 Å². The number of halogens is 2. The summed E-state index contributed by atoms with van der Waals surface area (Å²) < 4.78 is 0. The van der Waals surface area contributed by atoms with Gasteiger partial charge in [-0.15, -0.1) is 11.3 Å². The van der Waals surface area contributed by atoms with E-state index < -0.39 is 0 Å². The van der Waals surface area contributed by atoms with E-state index >= 15 is 0 Å². The van der Waals surface area contributed by atoms with E-state index in [1.54, 1.807) is 17.5 Å². The molecule has 0 saturated heterocycles. The van der Waals surface area contributed by atoms with Gasteiger partial charge in [0.15, 0.2) is 0 Å². The van der Waals surface area contributed by atoms with Crippen LogP contribution in [-0.2, 0) is 0 Å². The van der Waals surface area contributed by atoms with Crippen LogP contribution in [0.5, 0.6) is 0 Å². The number of para-hydroxylation sites is 1. The molecule has 5 heteroatoms. The predicted molar refractivity (Wildman–Crippen MR) is 103 cm³/mol. The van der Waals surface area contributed by atoms with E-state index in [1.807, 2.05) is 42.3 Å². The van der Waals surface area contributed by atoms with Crippen molar-refractivity contribution in [2.75, 3.05) is 11.9 Å². The number of anilines is 2. The highest BCUT2D eigenvalue weighted by Crippen LogP contribution is 2.32. The second-order valence-corrected chi connectivity index (χ2v) is 7.17. The molecule has 1 aromatic heterocycles. The van der Waals surface area contributed by atoms with Crippen molar-refractivity contribution in [3.05, 3.63) is 80.0 Å². The number of benzene rings is 2. The minimum atomic E-state index is -0.148. The number of thiophene rings is 1. The molecule has 0 aliphatic heterocycles. The molecule has 0 atom stereocenters. The van der Waals surface area contributed by atoms with Crippen LogP contribution in [0.25, 0.3) is 0 Å². The summed E-state index contributed by atoms with van der Waals surface area (Å²) in [4.78, 5) is 15.1. The fourth-order valence-electron chi connectivity index (χ4n) is 2.55. The van der Waals surface area contributed by atoms with Crippen LogP contribution in [0, 0.1) is 6.92 Å². The average molecular weight is 376 g/mol. The number of hydrogen-bond acceptors (Lipinski definition) is 3. The molecule has 24 heavy (non-hydrogen) atoms. The molecule has 0 spiro atoms. The van der Waals surface area contributed by atoms with Crippen LogP contribution in [0.15, 0.2) is 53.9 Å². The first kappa shape index (κ1) is 17.0. The van der Waals surface area contributed by atoms with Crippen LogP contribution < -0.4 is 4.90 Å². The summed E-state index contributed by atoms with van der Waals surface area (Å²) in [6, 6.07) is 15.3. The molecule has 0 saturated carbocycles. The van der Waals surface area contributed by atoms with Crippen LogP contribution in [0.2, 0.25) is 10.0 Å². The van der Waals surface area contributed by atoms with Crippen LogP contribution in [0.1, 0.15) is 20.8 Å². The smallest absolute Gasteiger partial charge is 0.205 e. The SMILES string of the molecule is Cc1ccccc1N(C)c1ccc(C(=O)c2sccc2Cl)c(Cl)c1. The minimum absolute atomic E-state index is 0.148. The van der Waals surface area contributed by atoms with E-state index in [1.165, 1.54) is 16.9 Å². The van der Waals surface area contributed by atoms with Gasteiger partial charge in [0.2, 0.25) is 5.78 Å². The Bertz CT molecular complexity index is 904. The Hall–Kier alpha value is -1.81. The van der Waals surface area contributed by atoms with Gasteiger partial charge < -0.3 is 4.90 Å². The van der Waals surface area contributed by atoms with E-state index in [0.29, 0.717) is 20.5 Å². The second-order valence-electron chi connectivity index (χ2n) is 5.44. The lowest BCUT2D eigenvalue weighted by molar-refractivity contribution is 0.104. The Morgan fingerprint density at radius 1 is 1.04 bits per heavy atom. The average Bonchev–Trinajstić information content (AvgIpc) is 3.00. The minimum Gasteiger partial charge on any atom is -0.344 e. The number of carbonyl (C=O) groups excluding carboxylic acids is 1. The van der Waals surface area contributed by atoms with Crippen molar-refractivity contribution in [1.82, 2.24) is 0 Å². The molecule has 0 N–H and O–H groups in total. The van der Waals surface area contributed by atoms with Crippen molar-refractivity contribution in [3.63, 3.8) is 0 Å². The summed E-state index contributed by atoms with van der Waals surface area (Å²) in [5, 5.41) is 2.67. The van der Waals surface area contributed by atoms with E-state index in [9.17, 15) is 4.79 Å². The number of carbonyl (C=O) groups is 1. The van der Waals surface area contributed by atoms with Crippen LogP contribution in [-0.4, -0.2) is 12.8 Å². The molecule has 0 fully saturated rings. The number of aryl methyl sites for hydroxylation is 1. The molecular formula is C19H15Cl2NOS. The molecule has 0 radical (unpaired) electrons. The van der Waals surface area contributed by atoms with Crippen molar-refractivity contribution in [3.8, 4) is 0 Å². The molecule has 122 valence electrons. The summed E-state index contributed by atoms with van der Waals surface area (Å²) in [7, 11) is 1.98. The summed E-state index contributed by atoms with van der Waals surface area (Å²) in [6.45, 7) is 2.06. The Morgan fingerprint density at radius 3 is 2.42 bits per heavy atom. The third kappa shape index (κ3) is 3.20. The monoisotopic (exact) mass is 375 g/mol. The van der Waals surface area contributed by atoms with Gasteiger partial charge in [-0.05, 0) is 48.2 Å². The standard InChI is InChI=1S/C19H15Cl2NOS/c1-12-5-3-4-6-17(12)22(2)13-7-8-14(16(21)11-13)18(23)19-15(20)9-10-24-19/h3-11H,1-2H3. The van der Waals surface area contributed by atoms with Crippen LogP contribution in [0.3, 0.4) is 0 Å². The molecule has 2 aromatic carbocycles. The Kier molecular flexibility index (Phi) is 4.95. The third-order valence-electron chi connectivity index (χ3n) is 3.88. The first-order valence-corrected chi connectivity index (χ1v) is 8.99. The molecule has 3 rings (SSSR count). The van der Waals surface area contributed by atoms with Gasteiger partial charge in [0.05, 0.1) is 14.9 Å². The molecule has 1 heterocycles. The van der Waals surface area contributed by atoms with Crippen LogP contribution >= 0.6 is 34.5 Å². The van der Waals surface area contributed by atoms with E-state index in [2.05, 4.69) is 13.0 Å². The highest BCUT2D eigenvalue weighted by Gasteiger charge is 2.18. The molecule has 0 aliphatic rings. The zero-order valence-corrected chi connectivity index (χ0v) is 15.5. The van der Waals surface area contributed by atoms with Gasteiger partial charge in [-0.2, -0.15) is 0 Å². The van der Waals surface area contributed by atoms with Gasteiger partial charge in [0.1, 0.15) is 0 Å². The summed E-state index contributed by atoms with van der Waals surface area (Å²) >= 11 is 13.8. The lowest BCUT2D eigenvalue weighted by atomic mass is 10.1. The third-order valence-corrected chi connectivity index (χ3v) is 5.54. The first-order valence-electron chi connectivity index (χ1n) is 7.35. The van der Waals surface area contributed by atoms with Gasteiger partial charge >= 0.3 is 0 Å². The Balaban J connectivity index is 1.94. The summed E-state index contributed by atoms with van der Waals surface area (Å²) in [5.41, 5.74) is 3.64. The maximum atomic E-state index is 12.6. The van der Waals surface area contributed by atoms with Crippen molar-refractivity contribution < 1.29 is 4.79 Å². The van der Waals surface area contributed by atoms with Gasteiger partial charge in [0.25, 0.3) is 0 Å². The molecule has 0 aliphatic carbocycles. The van der Waals surface area contributed by atoms with Crippen molar-refractivity contribution in [1.29, 1.82) is 0 Å². The lowest BCUT2D eigenvalue weighted by Crippen LogP contribution is -2.11. The maximum Gasteiger partial charge on any atom is 0.205 e. The van der Waals surface area contributed by atoms with Crippen LogP contribution in [0.4, 0.5) is 11.4 Å². The summed E-state index contributed by atoms with van der Waals surface area (Å²) in [6.07, 6.45) is 0. The second kappa shape index (κ2) is 6.98. The van der Waals surface area contributed by atoms with E-state index in [-0.39, 0.29) is 5.78 Å².